The lowest BCUT2D eigenvalue weighted by atomic mass is 10.1. The van der Waals surface area contributed by atoms with Crippen LogP contribution in [0.4, 0.5) is 5.82 Å². The third-order valence-corrected chi connectivity index (χ3v) is 3.13. The van der Waals surface area contributed by atoms with Gasteiger partial charge in [-0.3, -0.25) is 4.90 Å². The molecule has 1 heterocycles. The molecular weight excluding hydrogens is 262 g/mol. The van der Waals surface area contributed by atoms with Gasteiger partial charge in [0.25, 0.3) is 0 Å². The summed E-state index contributed by atoms with van der Waals surface area (Å²) < 4.78 is 0. The molecule has 106 valence electrons. The second-order valence-electron chi connectivity index (χ2n) is 4.68. The highest BCUT2D eigenvalue weighted by atomic mass is 15.1. The highest BCUT2D eigenvalue weighted by Crippen LogP contribution is 2.21. The molecule has 0 atom stereocenters. The standard InChI is InChI=1S/C16H17N5/c1-2-19-16-14(12-21(9-7-17)10-8-18)11-13-5-3-4-6-15(13)20-16/h3-6,11H,2,9-10,12H2,1H3,(H,19,20). The maximum atomic E-state index is 8.85. The van der Waals surface area contributed by atoms with E-state index in [4.69, 9.17) is 10.5 Å². The van der Waals surface area contributed by atoms with Crippen molar-refractivity contribution in [3.8, 4) is 12.1 Å². The Morgan fingerprint density at radius 2 is 1.90 bits per heavy atom. The number of pyridine rings is 1. The fourth-order valence-corrected chi connectivity index (χ4v) is 2.21. The molecule has 0 radical (unpaired) electrons. The van der Waals surface area contributed by atoms with Crippen molar-refractivity contribution >= 4 is 16.7 Å². The molecule has 0 aliphatic carbocycles. The van der Waals surface area contributed by atoms with E-state index in [0.29, 0.717) is 6.54 Å². The molecule has 0 fully saturated rings. The smallest absolute Gasteiger partial charge is 0.131 e. The van der Waals surface area contributed by atoms with Crippen LogP contribution in [0.2, 0.25) is 0 Å². The summed E-state index contributed by atoms with van der Waals surface area (Å²) in [6, 6.07) is 14.2. The van der Waals surface area contributed by atoms with E-state index in [1.54, 1.807) is 4.90 Å². The van der Waals surface area contributed by atoms with Crippen molar-refractivity contribution in [3.63, 3.8) is 0 Å². The first-order chi connectivity index (χ1) is 10.3. The van der Waals surface area contributed by atoms with Gasteiger partial charge in [0, 0.05) is 24.0 Å². The fourth-order valence-electron chi connectivity index (χ4n) is 2.21. The number of hydrogen-bond donors (Lipinski definition) is 1. The molecule has 0 saturated heterocycles. The molecule has 21 heavy (non-hydrogen) atoms. The molecule has 0 aliphatic rings. The summed E-state index contributed by atoms with van der Waals surface area (Å²) in [5.74, 6) is 0.817. The first-order valence-electron chi connectivity index (χ1n) is 6.87. The van der Waals surface area contributed by atoms with Crippen LogP contribution >= 0.6 is 0 Å². The highest BCUT2D eigenvalue weighted by Gasteiger charge is 2.11. The van der Waals surface area contributed by atoms with Crippen LogP contribution in [0.15, 0.2) is 30.3 Å². The normalized spacial score (nSPS) is 10.3. The number of rotatable bonds is 6. The zero-order chi connectivity index (χ0) is 15.1. The van der Waals surface area contributed by atoms with E-state index >= 15 is 0 Å². The highest BCUT2D eigenvalue weighted by molar-refractivity contribution is 5.81. The maximum Gasteiger partial charge on any atom is 0.131 e. The molecule has 1 aromatic carbocycles. The Hall–Kier alpha value is -2.63. The summed E-state index contributed by atoms with van der Waals surface area (Å²) in [6.45, 7) is 3.77. The lowest BCUT2D eigenvalue weighted by molar-refractivity contribution is 0.335. The predicted molar refractivity (Wildman–Crippen MR) is 82.4 cm³/mol. The molecule has 0 amide bonds. The van der Waals surface area contributed by atoms with Gasteiger partial charge in [0.1, 0.15) is 5.82 Å². The van der Waals surface area contributed by atoms with Gasteiger partial charge in [-0.2, -0.15) is 10.5 Å². The van der Waals surface area contributed by atoms with Crippen molar-refractivity contribution in [2.24, 2.45) is 0 Å². The quantitative estimate of drug-likeness (QED) is 0.822. The van der Waals surface area contributed by atoms with E-state index in [-0.39, 0.29) is 13.1 Å². The minimum absolute atomic E-state index is 0.228. The average molecular weight is 279 g/mol. The second kappa shape index (κ2) is 7.23. The summed E-state index contributed by atoms with van der Waals surface area (Å²) in [6.07, 6.45) is 0. The largest absolute Gasteiger partial charge is 0.370 e. The van der Waals surface area contributed by atoms with Gasteiger partial charge in [-0.25, -0.2) is 4.98 Å². The van der Waals surface area contributed by atoms with Crippen molar-refractivity contribution in [1.29, 1.82) is 10.5 Å². The van der Waals surface area contributed by atoms with Crippen LogP contribution in [0.25, 0.3) is 10.9 Å². The van der Waals surface area contributed by atoms with Crippen molar-refractivity contribution in [2.75, 3.05) is 25.0 Å². The molecule has 0 unspecified atom stereocenters. The number of nitrogens with one attached hydrogen (secondary N) is 1. The van der Waals surface area contributed by atoms with E-state index in [9.17, 15) is 0 Å². The Bertz CT molecular complexity index is 680. The van der Waals surface area contributed by atoms with Crippen LogP contribution in [0.3, 0.4) is 0 Å². The third-order valence-electron chi connectivity index (χ3n) is 3.13. The lowest BCUT2D eigenvalue weighted by Crippen LogP contribution is -2.24. The van der Waals surface area contributed by atoms with Gasteiger partial charge >= 0.3 is 0 Å². The number of hydrogen-bond acceptors (Lipinski definition) is 5. The molecule has 2 rings (SSSR count). The molecule has 2 aromatic rings. The zero-order valence-electron chi connectivity index (χ0n) is 12.0. The Kier molecular flexibility index (Phi) is 5.09. The number of fused-ring (bicyclic) bond motifs is 1. The summed E-state index contributed by atoms with van der Waals surface area (Å²) >= 11 is 0. The predicted octanol–water partition coefficient (Wildman–Crippen LogP) is 2.52. The Morgan fingerprint density at radius 3 is 2.57 bits per heavy atom. The Labute approximate surface area is 124 Å². The summed E-state index contributed by atoms with van der Waals surface area (Å²) in [4.78, 5) is 6.43. The van der Waals surface area contributed by atoms with Gasteiger partial charge in [0.05, 0.1) is 30.7 Å². The molecule has 0 saturated carbocycles. The van der Waals surface area contributed by atoms with Crippen LogP contribution in [0, 0.1) is 22.7 Å². The van der Waals surface area contributed by atoms with E-state index in [2.05, 4.69) is 28.5 Å². The van der Waals surface area contributed by atoms with E-state index in [0.717, 1.165) is 28.8 Å². The average Bonchev–Trinajstić information content (AvgIpc) is 2.48. The van der Waals surface area contributed by atoms with Gasteiger partial charge in [-0.05, 0) is 19.1 Å². The molecule has 1 aromatic heterocycles. The SMILES string of the molecule is CCNc1nc2ccccc2cc1CN(CC#N)CC#N. The summed E-state index contributed by atoms with van der Waals surface area (Å²) in [7, 11) is 0. The topological polar surface area (TPSA) is 75.7 Å². The van der Waals surface area contributed by atoms with E-state index in [1.807, 2.05) is 31.2 Å². The lowest BCUT2D eigenvalue weighted by Gasteiger charge is -2.18. The van der Waals surface area contributed by atoms with Crippen molar-refractivity contribution in [3.05, 3.63) is 35.9 Å². The molecule has 1 N–H and O–H groups in total. The number of anilines is 1. The summed E-state index contributed by atoms with van der Waals surface area (Å²) in [5.41, 5.74) is 1.94. The van der Waals surface area contributed by atoms with Crippen molar-refractivity contribution in [2.45, 2.75) is 13.5 Å². The number of nitrogens with zero attached hydrogens (tertiary/aromatic N) is 4. The first kappa shape index (κ1) is 14.8. The Morgan fingerprint density at radius 1 is 1.19 bits per heavy atom. The number of benzene rings is 1. The van der Waals surface area contributed by atoms with Crippen molar-refractivity contribution in [1.82, 2.24) is 9.88 Å². The molecular formula is C16H17N5. The molecule has 5 nitrogen and oxygen atoms in total. The van der Waals surface area contributed by atoms with Crippen LogP contribution in [0.5, 0.6) is 0 Å². The van der Waals surface area contributed by atoms with Crippen molar-refractivity contribution < 1.29 is 0 Å². The molecule has 0 bridgehead atoms. The zero-order valence-corrected chi connectivity index (χ0v) is 12.0. The van der Waals surface area contributed by atoms with Crippen LogP contribution in [0.1, 0.15) is 12.5 Å². The number of nitriles is 2. The molecule has 0 aliphatic heterocycles. The van der Waals surface area contributed by atoms with E-state index in [1.165, 1.54) is 0 Å². The fraction of sp³-hybridized carbons (Fsp3) is 0.312. The van der Waals surface area contributed by atoms with Gasteiger partial charge < -0.3 is 5.32 Å². The van der Waals surface area contributed by atoms with Crippen LogP contribution in [-0.2, 0) is 6.54 Å². The summed E-state index contributed by atoms with van der Waals surface area (Å²) in [5, 5.41) is 22.0. The van der Waals surface area contributed by atoms with Crippen LogP contribution < -0.4 is 5.32 Å². The minimum atomic E-state index is 0.228. The van der Waals surface area contributed by atoms with Gasteiger partial charge in [0.15, 0.2) is 0 Å². The first-order valence-corrected chi connectivity index (χ1v) is 6.87. The van der Waals surface area contributed by atoms with Crippen LogP contribution in [-0.4, -0.2) is 29.5 Å². The monoisotopic (exact) mass is 279 g/mol. The molecule has 0 spiro atoms. The van der Waals surface area contributed by atoms with Gasteiger partial charge in [-0.1, -0.05) is 18.2 Å². The van der Waals surface area contributed by atoms with E-state index < -0.39 is 0 Å². The maximum absolute atomic E-state index is 8.85. The third kappa shape index (κ3) is 3.68. The number of para-hydroxylation sites is 1. The minimum Gasteiger partial charge on any atom is -0.370 e. The van der Waals surface area contributed by atoms with Gasteiger partial charge in [-0.15, -0.1) is 0 Å². The second-order valence-corrected chi connectivity index (χ2v) is 4.68. The molecule has 5 heteroatoms. The van der Waals surface area contributed by atoms with Gasteiger partial charge in [0.2, 0.25) is 0 Å². The Balaban J connectivity index is 2.38. The number of aromatic nitrogens is 1.